The smallest absolute Gasteiger partial charge is 0.248 e. The van der Waals surface area contributed by atoms with Gasteiger partial charge in [-0.05, 0) is 134 Å². The number of hydrogen-bond donors (Lipinski definition) is 5. The van der Waals surface area contributed by atoms with Gasteiger partial charge in [-0.15, -0.1) is 0 Å². The predicted molar refractivity (Wildman–Crippen MR) is 397 cm³/mol. The molecule has 3 aliphatic heterocycles. The molecule has 6 aliphatic rings. The summed E-state index contributed by atoms with van der Waals surface area (Å²) >= 11 is 0. The van der Waals surface area contributed by atoms with Crippen molar-refractivity contribution in [1.82, 2.24) is 60.5 Å². The molecule has 0 spiro atoms. The molecular formula is C78H134N12O14. The number of hydrogen-bond acceptors (Lipinski definition) is 14. The second-order valence-corrected chi connectivity index (χ2v) is 33.9. The Morgan fingerprint density at radius 3 is 1.35 bits per heavy atom. The highest BCUT2D eigenvalue weighted by Gasteiger charge is 2.46. The number of nitrogens with zero attached hydrogens (tertiary/aromatic N) is 8. The SMILES string of the molecule is CC(C)C[C@@H]1NC(=O)[C@H](CC2CCCCC2)N(C)C(=O)[C@H]2CCCN2C(=O)C[C@@H](C(=O)N2CCCCC2)NC(=O)[C@H](CC2CCCCC2)N(C)C(=O)[C@H](CC2CCCCC2)N(C)C(=O)[C@H](COC(C)(C)C)NC(=O)[C@H](CC(C)C)N(C)C(=O)CN(C)C(=O)[C@H]([C@@H](C)O)NC(=O)[C@H](CC(C)C)N(C)C1=O. The lowest BCUT2D eigenvalue weighted by molar-refractivity contribution is -0.152. The quantitative estimate of drug-likeness (QED) is 0.115. The lowest BCUT2D eigenvalue weighted by atomic mass is 9.83. The molecule has 590 valence electrons. The van der Waals surface area contributed by atoms with E-state index in [1.54, 1.807) is 39.8 Å². The molecule has 0 aromatic carbocycles. The zero-order valence-electron chi connectivity index (χ0n) is 66.3. The van der Waals surface area contributed by atoms with Gasteiger partial charge in [0.1, 0.15) is 60.4 Å². The molecule has 0 aromatic heterocycles. The average Bonchev–Trinajstić information content (AvgIpc) is 1.78. The van der Waals surface area contributed by atoms with Gasteiger partial charge in [0.05, 0.1) is 31.3 Å². The van der Waals surface area contributed by atoms with Gasteiger partial charge in [-0.3, -0.25) is 57.5 Å². The monoisotopic (exact) mass is 1460 g/mol. The number of amides is 12. The van der Waals surface area contributed by atoms with Crippen LogP contribution in [0.5, 0.6) is 0 Å². The topological polar surface area (TPSA) is 308 Å². The standard InChI is InChI=1S/C78H134N12O14/c1-49(2)40-56-72(98)85(13)61(42-51(5)6)71(97)82-67(52(7)91)77(103)83(11)47-66(93)84(12)60(41-50(3)4)68(94)81-58(48-104-78(8,9)10)73(99)88(16)64(45-55-34-25-19-26-35-55)76(102)87(15)63(44-54-32-23-18-24-33-54)70(96)80-57(74(100)89-37-27-20-28-38-89)46-65(92)90-39-29-36-59(90)75(101)86(14)62(69(95)79-56)43-53-30-21-17-22-31-53/h49-64,67,91H,17-48H2,1-16H3,(H,79,95)(H,80,96)(H,81,94)(H,82,97)/t52-,56+,57+,58+,59-,60+,61+,62+,63+,64+,67+/m1/s1. The molecule has 0 radical (unpaired) electrons. The van der Waals surface area contributed by atoms with Crippen molar-refractivity contribution in [3.05, 3.63) is 0 Å². The summed E-state index contributed by atoms with van der Waals surface area (Å²) in [5.74, 6) is -8.08. The van der Waals surface area contributed by atoms with Crippen molar-refractivity contribution in [3.63, 3.8) is 0 Å². The lowest BCUT2D eigenvalue weighted by Gasteiger charge is -2.39. The number of likely N-dealkylation sites (tertiary alicyclic amines) is 1. The van der Waals surface area contributed by atoms with Crippen molar-refractivity contribution in [3.8, 4) is 0 Å². The van der Waals surface area contributed by atoms with E-state index in [9.17, 15) is 19.5 Å². The minimum atomic E-state index is -1.63. The van der Waals surface area contributed by atoms with Gasteiger partial charge >= 0.3 is 0 Å². The summed E-state index contributed by atoms with van der Waals surface area (Å²) in [6.07, 6.45) is 15.5. The number of ether oxygens (including phenoxy) is 1. The van der Waals surface area contributed by atoms with Gasteiger partial charge in [0.2, 0.25) is 70.9 Å². The summed E-state index contributed by atoms with van der Waals surface area (Å²) in [7, 11) is 8.81. The molecule has 11 atom stereocenters. The van der Waals surface area contributed by atoms with E-state index in [-0.39, 0.29) is 93.6 Å². The Bertz CT molecular complexity index is 2900. The maximum atomic E-state index is 16.0. The molecule has 12 amide bonds. The van der Waals surface area contributed by atoms with Crippen LogP contribution in [0.2, 0.25) is 0 Å². The Balaban J connectivity index is 1.50. The van der Waals surface area contributed by atoms with Crippen LogP contribution in [0.15, 0.2) is 0 Å². The van der Waals surface area contributed by atoms with Crippen molar-refractivity contribution in [2.75, 3.05) is 75.1 Å². The third-order valence-corrected chi connectivity index (χ3v) is 22.8. The van der Waals surface area contributed by atoms with E-state index >= 15 is 43.2 Å². The van der Waals surface area contributed by atoms with E-state index in [2.05, 4.69) is 21.3 Å². The zero-order chi connectivity index (χ0) is 77.0. The van der Waals surface area contributed by atoms with Gasteiger partial charge in [0.25, 0.3) is 0 Å². The molecule has 6 rings (SSSR count). The zero-order valence-corrected chi connectivity index (χ0v) is 66.3. The lowest BCUT2D eigenvalue weighted by Crippen LogP contribution is -2.62. The van der Waals surface area contributed by atoms with Gasteiger partial charge in [0.15, 0.2) is 0 Å². The normalized spacial score (nSPS) is 28.5. The van der Waals surface area contributed by atoms with Crippen LogP contribution in [0, 0.1) is 35.5 Å². The Morgan fingerprint density at radius 2 is 0.856 bits per heavy atom. The first-order chi connectivity index (χ1) is 49.0. The van der Waals surface area contributed by atoms with Crippen LogP contribution in [0.25, 0.3) is 0 Å². The fourth-order valence-electron chi connectivity index (χ4n) is 16.5. The molecule has 3 aliphatic carbocycles. The molecule has 0 unspecified atom stereocenters. The molecule has 6 fully saturated rings. The van der Waals surface area contributed by atoms with Gasteiger partial charge in [-0.25, -0.2) is 0 Å². The van der Waals surface area contributed by atoms with Crippen molar-refractivity contribution < 1.29 is 67.4 Å². The molecule has 104 heavy (non-hydrogen) atoms. The van der Waals surface area contributed by atoms with Gasteiger partial charge in [-0.2, -0.15) is 0 Å². The molecule has 26 heteroatoms. The van der Waals surface area contributed by atoms with Crippen LogP contribution in [0.4, 0.5) is 0 Å². The Morgan fingerprint density at radius 1 is 0.442 bits per heavy atom. The summed E-state index contributed by atoms with van der Waals surface area (Å²) in [4.78, 5) is 193. The summed E-state index contributed by atoms with van der Waals surface area (Å²) in [6, 6.07) is -12.6. The van der Waals surface area contributed by atoms with E-state index in [0.717, 1.165) is 108 Å². The summed E-state index contributed by atoms with van der Waals surface area (Å²) in [5.41, 5.74) is -0.825. The number of carbonyl (C=O) groups excluding carboxylic acids is 12. The Hall–Kier alpha value is -6.44. The maximum Gasteiger partial charge on any atom is 0.248 e. The van der Waals surface area contributed by atoms with E-state index < -0.39 is 156 Å². The first-order valence-electron chi connectivity index (χ1n) is 39.7. The first-order valence-corrected chi connectivity index (χ1v) is 39.7. The second kappa shape index (κ2) is 40.5. The van der Waals surface area contributed by atoms with E-state index in [1.165, 1.54) is 64.5 Å². The van der Waals surface area contributed by atoms with E-state index in [1.807, 2.05) is 41.5 Å². The number of fused-ring (bicyclic) bond motifs is 1. The first kappa shape index (κ1) is 86.5. The molecule has 26 nitrogen and oxygen atoms in total. The van der Waals surface area contributed by atoms with Crippen LogP contribution in [-0.2, 0) is 62.3 Å². The largest absolute Gasteiger partial charge is 0.391 e. The van der Waals surface area contributed by atoms with Gasteiger partial charge in [0, 0.05) is 61.9 Å². The summed E-state index contributed by atoms with van der Waals surface area (Å²) in [5, 5.41) is 23.0. The van der Waals surface area contributed by atoms with E-state index in [4.69, 9.17) is 4.74 Å². The Kier molecular flexibility index (Phi) is 33.7. The van der Waals surface area contributed by atoms with Crippen molar-refractivity contribution in [2.24, 2.45) is 35.5 Å². The third kappa shape index (κ3) is 24.8. The average molecular weight is 1460 g/mol. The number of piperidine rings is 1. The predicted octanol–water partition coefficient (Wildman–Crippen LogP) is 6.17. The number of likely N-dealkylation sites (N-methyl/N-ethyl adjacent to an activating group) is 6. The Labute approximate surface area is 621 Å². The van der Waals surface area contributed by atoms with E-state index in [0.29, 0.717) is 32.4 Å². The number of rotatable bonds is 16. The highest BCUT2D eigenvalue weighted by Crippen LogP contribution is 2.34. The highest BCUT2D eigenvalue weighted by atomic mass is 16.5. The molecule has 3 saturated carbocycles. The van der Waals surface area contributed by atoms with Gasteiger partial charge < -0.3 is 70.3 Å². The number of nitrogens with one attached hydrogen (secondary N) is 4. The van der Waals surface area contributed by atoms with Crippen LogP contribution in [0.3, 0.4) is 0 Å². The number of carbonyl (C=O) groups is 12. The number of aliphatic hydroxyl groups is 1. The number of aliphatic hydroxyl groups excluding tert-OH is 1. The molecular weight excluding hydrogens is 1330 g/mol. The maximum absolute atomic E-state index is 16.0. The third-order valence-electron chi connectivity index (χ3n) is 22.8. The summed E-state index contributed by atoms with van der Waals surface area (Å²) < 4.78 is 6.29. The van der Waals surface area contributed by atoms with Crippen LogP contribution >= 0.6 is 0 Å². The fourth-order valence-corrected chi connectivity index (χ4v) is 16.5. The fraction of sp³-hybridized carbons (Fsp3) is 0.846. The van der Waals surface area contributed by atoms with Crippen molar-refractivity contribution >= 4 is 70.9 Å². The second-order valence-electron chi connectivity index (χ2n) is 33.9. The van der Waals surface area contributed by atoms with Crippen LogP contribution in [-0.4, -0.2) is 262 Å². The minimum Gasteiger partial charge on any atom is -0.391 e. The van der Waals surface area contributed by atoms with Gasteiger partial charge in [-0.1, -0.05) is 138 Å². The van der Waals surface area contributed by atoms with Crippen LogP contribution < -0.4 is 21.3 Å². The molecule has 0 aromatic rings. The molecule has 0 bridgehead atoms. The van der Waals surface area contributed by atoms with Crippen molar-refractivity contribution in [2.45, 2.75) is 315 Å². The molecule has 3 saturated heterocycles. The summed E-state index contributed by atoms with van der Waals surface area (Å²) in [6.45, 7) is 17.9. The highest BCUT2D eigenvalue weighted by molar-refractivity contribution is 6.00. The minimum absolute atomic E-state index is 0.0127. The van der Waals surface area contributed by atoms with Crippen molar-refractivity contribution in [1.29, 1.82) is 0 Å². The molecule has 5 N–H and O–H groups in total. The van der Waals surface area contributed by atoms with Crippen LogP contribution in [0.1, 0.15) is 243 Å². The molecule has 3 heterocycles.